The van der Waals surface area contributed by atoms with Crippen LogP contribution in [0.25, 0.3) is 0 Å². The van der Waals surface area contributed by atoms with Gasteiger partial charge in [-0.2, -0.15) is 13.2 Å². The maximum Gasteiger partial charge on any atom is 0.435 e. The van der Waals surface area contributed by atoms with Gasteiger partial charge >= 0.3 is 6.18 Å². The van der Waals surface area contributed by atoms with Crippen molar-refractivity contribution in [3.63, 3.8) is 0 Å². The Morgan fingerprint density at radius 2 is 2.00 bits per heavy atom. The topological polar surface area (TPSA) is 45.2 Å². The van der Waals surface area contributed by atoms with E-state index in [1.165, 1.54) is 6.20 Å². The van der Waals surface area contributed by atoms with Gasteiger partial charge in [0.1, 0.15) is 4.88 Å². The summed E-state index contributed by atoms with van der Waals surface area (Å²) >= 11 is 0.771. The summed E-state index contributed by atoms with van der Waals surface area (Å²) in [5, 5.41) is 3.18. The van der Waals surface area contributed by atoms with Crippen LogP contribution in [-0.2, 0) is 6.18 Å². The Bertz CT molecular complexity index is 560. The number of nitrogens with zero attached hydrogens (tertiary/aromatic N) is 2. The van der Waals surface area contributed by atoms with Crippen molar-refractivity contribution in [3.05, 3.63) is 22.8 Å². The van der Waals surface area contributed by atoms with Gasteiger partial charge in [-0.3, -0.25) is 4.79 Å². The first kappa shape index (κ1) is 16.8. The van der Waals surface area contributed by atoms with Crippen molar-refractivity contribution < 1.29 is 18.0 Å². The smallest absolute Gasteiger partial charge is 0.383 e. The Labute approximate surface area is 131 Å². The molecule has 0 atom stereocenters. The van der Waals surface area contributed by atoms with Crippen LogP contribution in [0, 0.1) is 0 Å². The maximum absolute atomic E-state index is 13.1. The van der Waals surface area contributed by atoms with Crippen LogP contribution >= 0.6 is 11.3 Å². The van der Waals surface area contributed by atoms with E-state index < -0.39 is 17.7 Å². The minimum atomic E-state index is -4.64. The molecule has 0 unspecified atom stereocenters. The predicted octanol–water partition coefficient (Wildman–Crippen LogP) is 3.77. The van der Waals surface area contributed by atoms with Crippen molar-refractivity contribution in [1.82, 2.24) is 9.88 Å². The quantitative estimate of drug-likeness (QED) is 0.658. The zero-order chi connectivity index (χ0) is 16.3. The van der Waals surface area contributed by atoms with Crippen LogP contribution in [0.5, 0.6) is 0 Å². The molecule has 1 saturated carbocycles. The molecule has 0 bridgehead atoms. The van der Waals surface area contributed by atoms with E-state index in [-0.39, 0.29) is 16.1 Å². The zero-order valence-corrected chi connectivity index (χ0v) is 13.2. The fourth-order valence-electron chi connectivity index (χ4n) is 2.28. The normalized spacial score (nSPS) is 16.4. The number of carbonyl (C=O) groups excluding carboxylic acids is 1. The zero-order valence-electron chi connectivity index (χ0n) is 12.4. The Balaban J connectivity index is 2.26. The molecule has 2 rings (SSSR count). The lowest BCUT2D eigenvalue weighted by Crippen LogP contribution is -2.15. The molecule has 122 valence electrons. The van der Waals surface area contributed by atoms with Crippen LogP contribution in [0.2, 0.25) is 0 Å². The number of ketones is 1. The van der Waals surface area contributed by atoms with E-state index in [4.69, 9.17) is 0 Å². The number of carbonyl (C=O) groups is 1. The molecule has 0 aromatic carbocycles. The minimum Gasteiger partial charge on any atom is -0.383 e. The average Bonchev–Trinajstić information content (AvgIpc) is 3.05. The highest BCUT2D eigenvalue weighted by Crippen LogP contribution is 2.37. The number of anilines is 1. The molecule has 1 heterocycles. The third kappa shape index (κ3) is 4.22. The third-order valence-corrected chi connectivity index (χ3v) is 4.33. The summed E-state index contributed by atoms with van der Waals surface area (Å²) in [7, 11) is 3.38. The standard InChI is InChI=1S/C14H18F3N3OS/c1-20(2)8-7-10(21)11-12(14(15,16)17)19-13(22-11)18-9-5-3-4-6-9/h7-9H,3-6H2,1-2H3,(H,18,19)/b8-7+. The molecule has 0 aliphatic heterocycles. The molecular formula is C14H18F3N3OS. The molecule has 8 heteroatoms. The molecule has 1 N–H and O–H groups in total. The predicted molar refractivity (Wildman–Crippen MR) is 80.2 cm³/mol. The van der Waals surface area contributed by atoms with Gasteiger partial charge in [0.05, 0.1) is 0 Å². The molecule has 4 nitrogen and oxygen atoms in total. The van der Waals surface area contributed by atoms with Crippen molar-refractivity contribution in [2.45, 2.75) is 37.9 Å². The molecule has 0 saturated heterocycles. The van der Waals surface area contributed by atoms with Crippen molar-refractivity contribution in [2.75, 3.05) is 19.4 Å². The van der Waals surface area contributed by atoms with Crippen molar-refractivity contribution >= 4 is 22.3 Å². The highest BCUT2D eigenvalue weighted by atomic mass is 32.1. The summed E-state index contributed by atoms with van der Waals surface area (Å²) in [6, 6.07) is 0.146. The van der Waals surface area contributed by atoms with Gasteiger partial charge in [0.15, 0.2) is 16.6 Å². The second-order valence-electron chi connectivity index (χ2n) is 5.46. The summed E-state index contributed by atoms with van der Waals surface area (Å²) in [6.07, 6.45) is 1.88. The second-order valence-corrected chi connectivity index (χ2v) is 6.46. The van der Waals surface area contributed by atoms with Crippen LogP contribution in [0.4, 0.5) is 18.3 Å². The largest absolute Gasteiger partial charge is 0.435 e. The molecule has 22 heavy (non-hydrogen) atoms. The van der Waals surface area contributed by atoms with Crippen LogP contribution in [0.3, 0.4) is 0 Å². The lowest BCUT2D eigenvalue weighted by Gasteiger charge is -2.09. The van der Waals surface area contributed by atoms with E-state index in [2.05, 4.69) is 10.3 Å². The molecule has 0 amide bonds. The van der Waals surface area contributed by atoms with E-state index in [1.807, 2.05) is 0 Å². The summed E-state index contributed by atoms with van der Waals surface area (Å²) in [6.45, 7) is 0. The molecule has 0 spiro atoms. The summed E-state index contributed by atoms with van der Waals surface area (Å²) < 4.78 is 39.2. The average molecular weight is 333 g/mol. The van der Waals surface area contributed by atoms with Crippen molar-refractivity contribution in [3.8, 4) is 0 Å². The number of thiazole rings is 1. The molecular weight excluding hydrogens is 315 g/mol. The highest BCUT2D eigenvalue weighted by molar-refractivity contribution is 7.17. The number of alkyl halides is 3. The summed E-state index contributed by atoms with van der Waals surface area (Å²) in [5.74, 6) is -0.682. The molecule has 0 radical (unpaired) electrons. The number of hydrogen-bond acceptors (Lipinski definition) is 5. The van der Waals surface area contributed by atoms with Crippen molar-refractivity contribution in [2.24, 2.45) is 0 Å². The van der Waals surface area contributed by atoms with Crippen LogP contribution < -0.4 is 5.32 Å². The van der Waals surface area contributed by atoms with Gasteiger partial charge in [0.2, 0.25) is 0 Å². The van der Waals surface area contributed by atoms with Gasteiger partial charge < -0.3 is 10.2 Å². The number of aromatic nitrogens is 1. The van der Waals surface area contributed by atoms with Gasteiger partial charge in [-0.1, -0.05) is 24.2 Å². The van der Waals surface area contributed by atoms with Crippen molar-refractivity contribution in [1.29, 1.82) is 0 Å². The lowest BCUT2D eigenvalue weighted by molar-refractivity contribution is -0.140. The van der Waals surface area contributed by atoms with Gasteiger partial charge in [-0.25, -0.2) is 4.98 Å². The highest BCUT2D eigenvalue weighted by Gasteiger charge is 2.39. The van der Waals surface area contributed by atoms with Gasteiger partial charge in [-0.15, -0.1) is 0 Å². The first-order chi connectivity index (χ1) is 10.3. The van der Waals surface area contributed by atoms with E-state index in [1.54, 1.807) is 19.0 Å². The van der Waals surface area contributed by atoms with E-state index in [0.29, 0.717) is 0 Å². The fraction of sp³-hybridized carbons (Fsp3) is 0.571. The molecule has 1 aromatic rings. The molecule has 1 aliphatic carbocycles. The third-order valence-electron chi connectivity index (χ3n) is 3.33. The van der Waals surface area contributed by atoms with Gasteiger partial charge in [-0.05, 0) is 12.8 Å². The number of allylic oxidation sites excluding steroid dienone is 1. The molecule has 1 fully saturated rings. The van der Waals surface area contributed by atoms with Gasteiger partial charge in [0.25, 0.3) is 0 Å². The Morgan fingerprint density at radius 1 is 1.36 bits per heavy atom. The molecule has 1 aliphatic rings. The lowest BCUT2D eigenvalue weighted by atomic mass is 10.2. The Morgan fingerprint density at radius 3 is 2.55 bits per heavy atom. The van der Waals surface area contributed by atoms with Crippen LogP contribution in [0.15, 0.2) is 12.3 Å². The summed E-state index contributed by atoms with van der Waals surface area (Å²) in [4.78, 5) is 16.8. The fourth-order valence-corrected chi connectivity index (χ4v) is 3.26. The summed E-state index contributed by atoms with van der Waals surface area (Å²) in [5.41, 5.74) is -1.11. The van der Waals surface area contributed by atoms with E-state index in [0.717, 1.165) is 43.1 Å². The first-order valence-corrected chi connectivity index (χ1v) is 7.82. The van der Waals surface area contributed by atoms with Gasteiger partial charge in [0, 0.05) is 32.4 Å². The Kier molecular flexibility index (Phi) is 5.10. The van der Waals surface area contributed by atoms with E-state index >= 15 is 0 Å². The Hall–Kier alpha value is -1.57. The monoisotopic (exact) mass is 333 g/mol. The number of rotatable bonds is 5. The number of hydrogen-bond donors (Lipinski definition) is 1. The maximum atomic E-state index is 13.1. The second kappa shape index (κ2) is 6.68. The number of halogens is 3. The van der Waals surface area contributed by atoms with Crippen LogP contribution in [-0.4, -0.2) is 35.8 Å². The van der Waals surface area contributed by atoms with Crippen LogP contribution in [0.1, 0.15) is 41.0 Å². The SMILES string of the molecule is CN(C)/C=C/C(=O)c1sc(NC2CCCC2)nc1C(F)(F)F. The number of nitrogens with one attached hydrogen (secondary N) is 1. The van der Waals surface area contributed by atoms with E-state index in [9.17, 15) is 18.0 Å². The minimum absolute atomic E-state index is 0.146. The molecule has 1 aromatic heterocycles. The first-order valence-electron chi connectivity index (χ1n) is 7.01.